The van der Waals surface area contributed by atoms with E-state index in [0.717, 1.165) is 6.42 Å². The van der Waals surface area contributed by atoms with Crippen LogP contribution in [0.25, 0.3) is 0 Å². The molecule has 1 aromatic carbocycles. The van der Waals surface area contributed by atoms with Crippen molar-refractivity contribution in [1.29, 1.82) is 0 Å². The van der Waals surface area contributed by atoms with Crippen LogP contribution in [0.15, 0.2) is 24.3 Å². The van der Waals surface area contributed by atoms with Crippen molar-refractivity contribution < 1.29 is 24.9 Å². The Kier molecular flexibility index (Phi) is 19.1. The number of aromatic carboxylic acids is 2. The topological polar surface area (TPSA) is 94.8 Å². The number of benzene rings is 1. The Morgan fingerprint density at radius 1 is 0.600 bits per heavy atom. The summed E-state index contributed by atoms with van der Waals surface area (Å²) in [5.74, 6) is -2.46. The molecule has 1 aromatic rings. The molecule has 0 atom stereocenters. The quantitative estimate of drug-likeness (QED) is 0.236. The highest BCUT2D eigenvalue weighted by molar-refractivity contribution is 6.01. The van der Waals surface area contributed by atoms with Gasteiger partial charge in [0.15, 0.2) is 0 Å². The van der Waals surface area contributed by atoms with E-state index in [-0.39, 0.29) is 11.1 Å². The second-order valence-corrected chi connectivity index (χ2v) is 7.83. The molecule has 0 aliphatic rings. The van der Waals surface area contributed by atoms with Crippen molar-refractivity contribution in [2.45, 2.75) is 103 Å². The Labute approximate surface area is 182 Å². The summed E-state index contributed by atoms with van der Waals surface area (Å²) >= 11 is 0. The number of carbonyl (C=O) groups is 2. The Morgan fingerprint density at radius 2 is 0.900 bits per heavy atom. The van der Waals surface area contributed by atoms with Gasteiger partial charge in [0.1, 0.15) is 0 Å². The summed E-state index contributed by atoms with van der Waals surface area (Å²) in [6, 6.07) is 5.48. The maximum Gasteiger partial charge on any atom is 0.336 e. The summed E-state index contributed by atoms with van der Waals surface area (Å²) < 4.78 is 0. The molecule has 5 heteroatoms. The lowest BCUT2D eigenvalue weighted by Gasteiger charge is -2.02. The Balaban J connectivity index is 0.000000604. The highest BCUT2D eigenvalue weighted by Crippen LogP contribution is 2.13. The van der Waals surface area contributed by atoms with Crippen molar-refractivity contribution in [2.24, 2.45) is 0 Å². The van der Waals surface area contributed by atoms with Gasteiger partial charge in [-0.3, -0.25) is 0 Å². The predicted molar refractivity (Wildman–Crippen MR) is 122 cm³/mol. The SMILES string of the molecule is CCCCCCCCCCCCCCCCCO.O=C(O)c1ccccc1C(=O)O. The molecule has 0 unspecified atom stereocenters. The molecule has 0 saturated heterocycles. The number of hydrogen-bond donors (Lipinski definition) is 3. The molecule has 0 saturated carbocycles. The molecule has 5 nitrogen and oxygen atoms in total. The average molecular weight is 423 g/mol. The smallest absolute Gasteiger partial charge is 0.336 e. The second kappa shape index (κ2) is 20.4. The fraction of sp³-hybridized carbons (Fsp3) is 0.680. The van der Waals surface area contributed by atoms with Crippen molar-refractivity contribution in [3.8, 4) is 0 Å². The van der Waals surface area contributed by atoms with E-state index >= 15 is 0 Å². The predicted octanol–water partition coefficient (Wildman–Crippen LogP) is 6.93. The number of aliphatic hydroxyl groups is 1. The van der Waals surface area contributed by atoms with Crippen LogP contribution < -0.4 is 0 Å². The van der Waals surface area contributed by atoms with Crippen LogP contribution in [0.5, 0.6) is 0 Å². The monoisotopic (exact) mass is 422 g/mol. The first-order valence-corrected chi connectivity index (χ1v) is 11.7. The normalized spacial score (nSPS) is 10.3. The molecule has 0 fully saturated rings. The summed E-state index contributed by atoms with van der Waals surface area (Å²) in [5.41, 5.74) is -0.380. The van der Waals surface area contributed by atoms with Crippen LogP contribution in [0.1, 0.15) is 124 Å². The van der Waals surface area contributed by atoms with E-state index in [1.165, 1.54) is 114 Å². The third kappa shape index (κ3) is 16.0. The van der Waals surface area contributed by atoms with Crippen LogP contribution in [0, 0.1) is 0 Å². The summed E-state index contributed by atoms with van der Waals surface area (Å²) in [5, 5.41) is 25.8. The molecule has 0 amide bonds. The molecule has 1 rings (SSSR count). The number of aliphatic hydroxyl groups excluding tert-OH is 1. The fourth-order valence-electron chi connectivity index (χ4n) is 3.34. The molecule has 0 spiro atoms. The minimum absolute atomic E-state index is 0.190. The molecule has 0 aliphatic heterocycles. The lowest BCUT2D eigenvalue weighted by atomic mass is 10.0. The maximum absolute atomic E-state index is 10.5. The summed E-state index contributed by atoms with van der Waals surface area (Å²) in [6.45, 7) is 2.65. The maximum atomic E-state index is 10.5. The van der Waals surface area contributed by atoms with Gasteiger partial charge < -0.3 is 15.3 Å². The summed E-state index contributed by atoms with van der Waals surface area (Å²) in [7, 11) is 0. The van der Waals surface area contributed by atoms with Crippen molar-refractivity contribution >= 4 is 11.9 Å². The van der Waals surface area contributed by atoms with Gasteiger partial charge in [-0.25, -0.2) is 9.59 Å². The van der Waals surface area contributed by atoms with Gasteiger partial charge in [0.25, 0.3) is 0 Å². The Morgan fingerprint density at radius 3 is 1.17 bits per heavy atom. The van der Waals surface area contributed by atoms with Crippen molar-refractivity contribution in [3.05, 3.63) is 35.4 Å². The zero-order valence-electron chi connectivity index (χ0n) is 18.8. The number of rotatable bonds is 17. The van der Waals surface area contributed by atoms with Gasteiger partial charge in [-0.1, -0.05) is 109 Å². The molecule has 0 radical (unpaired) electrons. The van der Waals surface area contributed by atoms with E-state index in [1.54, 1.807) is 0 Å². The number of carboxylic acid groups (broad SMARTS) is 2. The molecular weight excluding hydrogens is 380 g/mol. The van der Waals surface area contributed by atoms with Gasteiger partial charge in [0.05, 0.1) is 11.1 Å². The minimum Gasteiger partial charge on any atom is -0.478 e. The van der Waals surface area contributed by atoms with Crippen molar-refractivity contribution in [1.82, 2.24) is 0 Å². The zero-order chi connectivity index (χ0) is 22.5. The average Bonchev–Trinajstić information content (AvgIpc) is 2.74. The van der Waals surface area contributed by atoms with E-state index < -0.39 is 11.9 Å². The number of carboxylic acids is 2. The van der Waals surface area contributed by atoms with Crippen LogP contribution in [-0.2, 0) is 0 Å². The molecule has 0 bridgehead atoms. The standard InChI is InChI=1S/C17H36O.C8H6O4/c1-2-3-4-5-6-7-8-9-10-11-12-13-14-15-16-17-18;9-7(10)5-3-1-2-4-6(5)8(11)12/h18H,2-17H2,1H3;1-4H,(H,9,10)(H,11,12). The summed E-state index contributed by atoms with van der Waals surface area (Å²) in [6.07, 6.45) is 20.7. The number of hydrogen-bond acceptors (Lipinski definition) is 3. The molecule has 172 valence electrons. The van der Waals surface area contributed by atoms with E-state index in [2.05, 4.69) is 6.92 Å². The number of unbranched alkanes of at least 4 members (excludes halogenated alkanes) is 14. The molecule has 0 heterocycles. The molecular formula is C25H42O5. The third-order valence-electron chi connectivity index (χ3n) is 5.15. The van der Waals surface area contributed by atoms with E-state index in [4.69, 9.17) is 15.3 Å². The lowest BCUT2D eigenvalue weighted by molar-refractivity contribution is 0.0651. The molecule has 0 aromatic heterocycles. The zero-order valence-corrected chi connectivity index (χ0v) is 18.8. The van der Waals surface area contributed by atoms with Crippen molar-refractivity contribution in [2.75, 3.05) is 6.61 Å². The Hall–Kier alpha value is -1.88. The second-order valence-electron chi connectivity index (χ2n) is 7.83. The highest BCUT2D eigenvalue weighted by atomic mass is 16.4. The fourth-order valence-corrected chi connectivity index (χ4v) is 3.34. The highest BCUT2D eigenvalue weighted by Gasteiger charge is 2.13. The summed E-state index contributed by atoms with van der Waals surface area (Å²) in [4.78, 5) is 20.9. The van der Waals surface area contributed by atoms with Gasteiger partial charge in [-0.15, -0.1) is 0 Å². The van der Waals surface area contributed by atoms with Gasteiger partial charge in [-0.2, -0.15) is 0 Å². The van der Waals surface area contributed by atoms with E-state index in [1.807, 2.05) is 0 Å². The molecule has 0 aliphatic carbocycles. The third-order valence-corrected chi connectivity index (χ3v) is 5.15. The van der Waals surface area contributed by atoms with Crippen LogP contribution in [0.2, 0.25) is 0 Å². The van der Waals surface area contributed by atoms with E-state index in [0.29, 0.717) is 6.61 Å². The first-order valence-electron chi connectivity index (χ1n) is 11.7. The minimum atomic E-state index is -1.23. The van der Waals surface area contributed by atoms with E-state index in [9.17, 15) is 9.59 Å². The van der Waals surface area contributed by atoms with Crippen molar-refractivity contribution in [3.63, 3.8) is 0 Å². The van der Waals surface area contributed by atoms with Gasteiger partial charge >= 0.3 is 11.9 Å². The molecule has 3 N–H and O–H groups in total. The lowest BCUT2D eigenvalue weighted by Crippen LogP contribution is -2.06. The van der Waals surface area contributed by atoms with Crippen LogP contribution in [-0.4, -0.2) is 33.9 Å². The largest absolute Gasteiger partial charge is 0.478 e. The Bertz CT molecular complexity index is 507. The van der Waals surface area contributed by atoms with Crippen LogP contribution in [0.4, 0.5) is 0 Å². The molecule has 30 heavy (non-hydrogen) atoms. The van der Waals surface area contributed by atoms with Gasteiger partial charge in [0.2, 0.25) is 0 Å². The van der Waals surface area contributed by atoms with Gasteiger partial charge in [0, 0.05) is 6.61 Å². The van der Waals surface area contributed by atoms with Crippen LogP contribution >= 0.6 is 0 Å². The van der Waals surface area contributed by atoms with Gasteiger partial charge in [-0.05, 0) is 18.6 Å². The van der Waals surface area contributed by atoms with Crippen LogP contribution in [0.3, 0.4) is 0 Å². The first-order chi connectivity index (χ1) is 14.5. The first kappa shape index (κ1) is 28.1.